The van der Waals surface area contributed by atoms with E-state index in [1.807, 2.05) is 30.3 Å². The summed E-state index contributed by atoms with van der Waals surface area (Å²) >= 11 is 0. The van der Waals surface area contributed by atoms with Gasteiger partial charge in [0.2, 0.25) is 0 Å². The Labute approximate surface area is 166 Å². The first-order valence-corrected chi connectivity index (χ1v) is 9.45. The van der Waals surface area contributed by atoms with E-state index < -0.39 is 11.9 Å². The smallest absolute Gasteiger partial charge is 0.274 e. The highest BCUT2D eigenvalue weighted by atomic mass is 16.2. The summed E-state index contributed by atoms with van der Waals surface area (Å²) < 4.78 is 1.61. The molecule has 29 heavy (non-hydrogen) atoms. The molecule has 2 aromatic heterocycles. The lowest BCUT2D eigenvalue weighted by molar-refractivity contribution is -0.120. The fourth-order valence-corrected chi connectivity index (χ4v) is 3.89. The Morgan fingerprint density at radius 2 is 2.00 bits per heavy atom. The van der Waals surface area contributed by atoms with Gasteiger partial charge < -0.3 is 5.32 Å². The fraction of sp³-hybridized carbons (Fsp3) is 0.300. The third-order valence-electron chi connectivity index (χ3n) is 5.48. The lowest BCUT2D eigenvalue weighted by Crippen LogP contribution is -2.48. The van der Waals surface area contributed by atoms with Crippen LogP contribution in [-0.2, 0) is 11.3 Å². The molecule has 2 amide bonds. The zero-order chi connectivity index (χ0) is 20.0. The predicted octanol–water partition coefficient (Wildman–Crippen LogP) is 0.995. The van der Waals surface area contributed by atoms with Crippen molar-refractivity contribution in [1.82, 2.24) is 30.3 Å². The molecule has 1 saturated carbocycles. The SMILES string of the molecule is CN1C(=O)[C@@H](NC(=O)c2cn(Cc3ccccc3)nn2)C2C[C@H]2c2nccnc21. The lowest BCUT2D eigenvalue weighted by Gasteiger charge is -2.22. The zero-order valence-electron chi connectivity index (χ0n) is 15.8. The minimum Gasteiger partial charge on any atom is -0.338 e. The fourth-order valence-electron chi connectivity index (χ4n) is 3.89. The van der Waals surface area contributed by atoms with E-state index in [4.69, 9.17) is 0 Å². The first kappa shape index (κ1) is 17.5. The molecule has 3 heterocycles. The number of hydrogen-bond donors (Lipinski definition) is 1. The van der Waals surface area contributed by atoms with Crippen LogP contribution in [0.15, 0.2) is 48.9 Å². The van der Waals surface area contributed by atoms with Gasteiger partial charge in [0.05, 0.1) is 18.4 Å². The van der Waals surface area contributed by atoms with Gasteiger partial charge in [-0.2, -0.15) is 0 Å². The average Bonchev–Trinajstić information content (AvgIpc) is 3.41. The summed E-state index contributed by atoms with van der Waals surface area (Å²) in [5.74, 6) is 0.115. The topological polar surface area (TPSA) is 106 Å². The van der Waals surface area contributed by atoms with Crippen LogP contribution in [0.3, 0.4) is 0 Å². The number of anilines is 1. The Morgan fingerprint density at radius 1 is 1.21 bits per heavy atom. The molecule has 0 bridgehead atoms. The number of nitrogens with one attached hydrogen (secondary N) is 1. The second-order valence-electron chi connectivity index (χ2n) is 7.41. The normalized spacial score (nSPS) is 22.4. The predicted molar refractivity (Wildman–Crippen MR) is 103 cm³/mol. The van der Waals surface area contributed by atoms with Gasteiger partial charge in [-0.3, -0.25) is 19.5 Å². The number of rotatable bonds is 4. The van der Waals surface area contributed by atoms with Gasteiger partial charge in [-0.1, -0.05) is 35.5 Å². The number of amides is 2. The second kappa shape index (κ2) is 6.77. The average molecular weight is 389 g/mol. The van der Waals surface area contributed by atoms with Crippen LogP contribution in [0, 0.1) is 5.92 Å². The molecule has 3 aromatic rings. The molecule has 146 valence electrons. The standard InChI is InChI=1S/C20H19N7O2/c1-26-18-16(21-7-8-22-18)13-9-14(13)17(20(26)29)23-19(28)15-11-27(25-24-15)10-12-5-3-2-4-6-12/h2-8,11,13-14,17H,9-10H2,1H3,(H,23,28)/t13-,14?,17+/m1/s1. The van der Waals surface area contributed by atoms with Crippen LogP contribution in [0.4, 0.5) is 5.82 Å². The third-order valence-corrected chi connectivity index (χ3v) is 5.48. The minimum atomic E-state index is -0.632. The van der Waals surface area contributed by atoms with Gasteiger partial charge in [0.25, 0.3) is 11.8 Å². The minimum absolute atomic E-state index is 0.0196. The Balaban J connectivity index is 1.32. The summed E-state index contributed by atoms with van der Waals surface area (Å²) in [7, 11) is 1.66. The zero-order valence-corrected chi connectivity index (χ0v) is 15.8. The molecule has 0 saturated heterocycles. The first-order valence-electron chi connectivity index (χ1n) is 9.45. The van der Waals surface area contributed by atoms with Crippen LogP contribution in [0.25, 0.3) is 0 Å². The molecule has 1 aliphatic carbocycles. The van der Waals surface area contributed by atoms with Gasteiger partial charge in [0.15, 0.2) is 11.5 Å². The molecule has 2 aliphatic rings. The van der Waals surface area contributed by atoms with Gasteiger partial charge in [0.1, 0.15) is 6.04 Å². The summed E-state index contributed by atoms with van der Waals surface area (Å²) in [5, 5.41) is 10.9. The highest BCUT2D eigenvalue weighted by Crippen LogP contribution is 2.53. The molecule has 9 heteroatoms. The van der Waals surface area contributed by atoms with Gasteiger partial charge >= 0.3 is 0 Å². The van der Waals surface area contributed by atoms with Gasteiger partial charge in [-0.15, -0.1) is 5.10 Å². The van der Waals surface area contributed by atoms with Crippen molar-refractivity contribution in [2.45, 2.75) is 24.9 Å². The van der Waals surface area contributed by atoms with E-state index in [0.717, 1.165) is 17.7 Å². The molecule has 0 spiro atoms. The van der Waals surface area contributed by atoms with Crippen LogP contribution in [0.2, 0.25) is 0 Å². The molecular weight excluding hydrogens is 370 g/mol. The van der Waals surface area contributed by atoms with Crippen LogP contribution < -0.4 is 10.2 Å². The number of likely N-dealkylation sites (N-methyl/N-ethyl adjacent to an activating group) is 1. The van der Waals surface area contributed by atoms with Crippen molar-refractivity contribution >= 4 is 17.6 Å². The van der Waals surface area contributed by atoms with Crippen molar-refractivity contribution in [3.8, 4) is 0 Å². The lowest BCUT2D eigenvalue weighted by atomic mass is 10.1. The number of hydrogen-bond acceptors (Lipinski definition) is 6. The van der Waals surface area contributed by atoms with Crippen molar-refractivity contribution in [2.75, 3.05) is 11.9 Å². The monoisotopic (exact) mass is 389 g/mol. The van der Waals surface area contributed by atoms with Crippen molar-refractivity contribution in [3.05, 3.63) is 65.9 Å². The number of carbonyl (C=O) groups is 2. The van der Waals surface area contributed by atoms with Crippen molar-refractivity contribution < 1.29 is 9.59 Å². The van der Waals surface area contributed by atoms with E-state index in [9.17, 15) is 9.59 Å². The van der Waals surface area contributed by atoms with E-state index in [2.05, 4.69) is 25.6 Å². The number of carbonyl (C=O) groups excluding carboxylic acids is 2. The molecular formula is C20H19N7O2. The first-order chi connectivity index (χ1) is 14.1. The van der Waals surface area contributed by atoms with Crippen LogP contribution in [0.5, 0.6) is 0 Å². The molecule has 1 N–H and O–H groups in total. The Bertz CT molecular complexity index is 1080. The van der Waals surface area contributed by atoms with Crippen molar-refractivity contribution in [2.24, 2.45) is 5.92 Å². The van der Waals surface area contributed by atoms with E-state index in [0.29, 0.717) is 12.4 Å². The summed E-state index contributed by atoms with van der Waals surface area (Å²) in [6.45, 7) is 0.517. The molecule has 5 rings (SSSR count). The second-order valence-corrected chi connectivity index (χ2v) is 7.41. The number of benzene rings is 1. The number of fused-ring (bicyclic) bond motifs is 3. The molecule has 0 radical (unpaired) electrons. The third kappa shape index (κ3) is 3.14. The maximum absolute atomic E-state index is 13.0. The Kier molecular flexibility index (Phi) is 4.08. The highest BCUT2D eigenvalue weighted by Gasteiger charge is 2.53. The summed E-state index contributed by atoms with van der Waals surface area (Å²) in [5.41, 5.74) is 2.06. The summed E-state index contributed by atoms with van der Waals surface area (Å²) in [6, 6.07) is 9.17. The van der Waals surface area contributed by atoms with Crippen molar-refractivity contribution in [3.63, 3.8) is 0 Å². The van der Waals surface area contributed by atoms with Crippen LogP contribution in [0.1, 0.15) is 34.1 Å². The Morgan fingerprint density at radius 3 is 2.83 bits per heavy atom. The van der Waals surface area contributed by atoms with Crippen LogP contribution >= 0.6 is 0 Å². The van der Waals surface area contributed by atoms with Crippen molar-refractivity contribution in [1.29, 1.82) is 0 Å². The summed E-state index contributed by atoms with van der Waals surface area (Å²) in [4.78, 5) is 35.9. The van der Waals surface area contributed by atoms with Gasteiger partial charge in [-0.05, 0) is 17.9 Å². The van der Waals surface area contributed by atoms with Crippen LogP contribution in [-0.4, -0.2) is 49.9 Å². The molecule has 1 fully saturated rings. The van der Waals surface area contributed by atoms with Gasteiger partial charge in [0, 0.05) is 25.4 Å². The molecule has 1 unspecified atom stereocenters. The van der Waals surface area contributed by atoms with E-state index in [1.165, 1.54) is 4.90 Å². The largest absolute Gasteiger partial charge is 0.338 e. The number of aromatic nitrogens is 5. The summed E-state index contributed by atoms with van der Waals surface area (Å²) in [6.07, 6.45) is 5.60. The maximum atomic E-state index is 13.0. The molecule has 1 aromatic carbocycles. The van der Waals surface area contributed by atoms with E-state index >= 15 is 0 Å². The number of nitrogens with zero attached hydrogens (tertiary/aromatic N) is 6. The van der Waals surface area contributed by atoms with E-state index in [-0.39, 0.29) is 23.4 Å². The maximum Gasteiger partial charge on any atom is 0.274 e. The molecule has 1 aliphatic heterocycles. The van der Waals surface area contributed by atoms with Gasteiger partial charge in [-0.25, -0.2) is 9.67 Å². The Hall–Kier alpha value is -3.62. The molecule has 3 atom stereocenters. The van der Waals surface area contributed by atoms with E-state index in [1.54, 1.807) is 30.3 Å². The quantitative estimate of drug-likeness (QED) is 0.713. The molecule has 9 nitrogen and oxygen atoms in total. The highest BCUT2D eigenvalue weighted by molar-refractivity contribution is 6.02.